The molecule has 1 N–H and O–H groups in total. The van der Waals surface area contributed by atoms with E-state index in [1.54, 1.807) is 18.5 Å². The van der Waals surface area contributed by atoms with Gasteiger partial charge in [0.1, 0.15) is 4.34 Å². The van der Waals surface area contributed by atoms with Gasteiger partial charge in [0.15, 0.2) is 0 Å². The second-order valence-electron chi connectivity index (χ2n) is 3.04. The molecule has 0 radical (unpaired) electrons. The first kappa shape index (κ1) is 12.2. The van der Waals surface area contributed by atoms with Crippen molar-refractivity contribution in [3.63, 3.8) is 0 Å². The van der Waals surface area contributed by atoms with Crippen molar-refractivity contribution in [3.05, 3.63) is 43.2 Å². The van der Waals surface area contributed by atoms with Crippen LogP contribution >= 0.6 is 50.5 Å². The van der Waals surface area contributed by atoms with E-state index in [0.29, 0.717) is 11.6 Å². The van der Waals surface area contributed by atoms with Crippen LogP contribution in [-0.4, -0.2) is 4.98 Å². The summed E-state index contributed by atoms with van der Waals surface area (Å²) in [5.41, 5.74) is 0.824. The van der Waals surface area contributed by atoms with Gasteiger partial charge in [0.2, 0.25) is 0 Å². The molecule has 0 unspecified atom stereocenters. The summed E-state index contributed by atoms with van der Waals surface area (Å²) < 4.78 is 1.68. The number of rotatable bonds is 3. The summed E-state index contributed by atoms with van der Waals surface area (Å²) in [6.07, 6.45) is 3.36. The van der Waals surface area contributed by atoms with E-state index in [1.807, 2.05) is 6.07 Å². The van der Waals surface area contributed by atoms with Gasteiger partial charge in [-0.2, -0.15) is 0 Å². The van der Waals surface area contributed by atoms with Crippen molar-refractivity contribution < 1.29 is 0 Å². The first-order valence-electron chi connectivity index (χ1n) is 4.44. The standard InChI is InChI=1S/C10H7BrCl2N2S/c11-7-3-6(16-10(7)13)4-15-9-5-14-2-1-8(9)12/h1-3,5,15H,4H2. The van der Waals surface area contributed by atoms with E-state index in [9.17, 15) is 0 Å². The molecule has 0 aliphatic rings. The van der Waals surface area contributed by atoms with Crippen LogP contribution in [-0.2, 0) is 6.54 Å². The number of hydrogen-bond acceptors (Lipinski definition) is 3. The molecule has 0 saturated carbocycles. The molecule has 0 amide bonds. The Hall–Kier alpha value is -0.290. The lowest BCUT2D eigenvalue weighted by molar-refractivity contribution is 1.17. The Bertz CT molecular complexity index is 482. The van der Waals surface area contributed by atoms with Gasteiger partial charge in [0.25, 0.3) is 0 Å². The highest BCUT2D eigenvalue weighted by Gasteiger charge is 2.05. The minimum atomic E-state index is 0.664. The number of aromatic nitrogens is 1. The third-order valence-corrected chi connectivity index (χ3v) is 4.72. The minimum Gasteiger partial charge on any atom is -0.378 e. The largest absolute Gasteiger partial charge is 0.378 e. The number of nitrogens with zero attached hydrogens (tertiary/aromatic N) is 1. The topological polar surface area (TPSA) is 24.9 Å². The van der Waals surface area contributed by atoms with Crippen molar-refractivity contribution in [2.75, 3.05) is 5.32 Å². The average molecular weight is 338 g/mol. The number of pyridine rings is 1. The van der Waals surface area contributed by atoms with Crippen molar-refractivity contribution in [2.24, 2.45) is 0 Å². The average Bonchev–Trinajstić information content (AvgIpc) is 2.57. The third-order valence-electron chi connectivity index (χ3n) is 1.92. The van der Waals surface area contributed by atoms with Crippen LogP contribution in [0.15, 0.2) is 29.0 Å². The summed E-state index contributed by atoms with van der Waals surface area (Å²) in [4.78, 5) is 5.14. The predicted molar refractivity (Wildman–Crippen MR) is 73.6 cm³/mol. The maximum Gasteiger partial charge on any atom is 0.107 e. The summed E-state index contributed by atoms with van der Waals surface area (Å²) in [6.45, 7) is 0.682. The second-order valence-corrected chi connectivity index (χ2v) is 6.04. The van der Waals surface area contributed by atoms with Gasteiger partial charge >= 0.3 is 0 Å². The highest BCUT2D eigenvalue weighted by molar-refractivity contribution is 9.10. The second kappa shape index (κ2) is 5.36. The van der Waals surface area contributed by atoms with Crippen molar-refractivity contribution in [2.45, 2.75) is 6.54 Å². The molecule has 2 rings (SSSR count). The maximum atomic E-state index is 5.99. The van der Waals surface area contributed by atoms with E-state index in [2.05, 4.69) is 26.2 Å². The van der Waals surface area contributed by atoms with Crippen molar-refractivity contribution in [1.29, 1.82) is 0 Å². The quantitative estimate of drug-likeness (QED) is 0.868. The molecule has 6 heteroatoms. The van der Waals surface area contributed by atoms with Gasteiger partial charge in [-0.3, -0.25) is 4.98 Å². The van der Waals surface area contributed by atoms with Gasteiger partial charge < -0.3 is 5.32 Å². The highest BCUT2D eigenvalue weighted by Crippen LogP contribution is 2.32. The number of halogens is 3. The molecule has 2 aromatic rings. The Kier molecular flexibility index (Phi) is 4.08. The zero-order chi connectivity index (χ0) is 11.5. The smallest absolute Gasteiger partial charge is 0.107 e. The van der Waals surface area contributed by atoms with Crippen LogP contribution in [0.25, 0.3) is 0 Å². The molecule has 16 heavy (non-hydrogen) atoms. The summed E-state index contributed by atoms with van der Waals surface area (Å²) in [5, 5.41) is 3.87. The number of anilines is 1. The number of nitrogens with one attached hydrogen (secondary N) is 1. The third kappa shape index (κ3) is 2.88. The fourth-order valence-corrected chi connectivity index (χ4v) is 3.07. The van der Waals surface area contributed by atoms with Crippen LogP contribution in [0.1, 0.15) is 4.88 Å². The fraction of sp³-hybridized carbons (Fsp3) is 0.100. The van der Waals surface area contributed by atoms with Crippen LogP contribution in [0.3, 0.4) is 0 Å². The number of thiophene rings is 1. The zero-order valence-corrected chi connectivity index (χ0v) is 11.9. The molecule has 0 aromatic carbocycles. The molecule has 0 bridgehead atoms. The predicted octanol–water partition coefficient (Wildman–Crippen LogP) is 4.82. The first-order chi connectivity index (χ1) is 7.66. The van der Waals surface area contributed by atoms with E-state index in [0.717, 1.165) is 19.4 Å². The molecule has 0 spiro atoms. The van der Waals surface area contributed by atoms with Crippen LogP contribution in [0.2, 0.25) is 9.36 Å². The summed E-state index contributed by atoms with van der Waals surface area (Å²) in [6, 6.07) is 3.74. The Morgan fingerprint density at radius 1 is 1.44 bits per heavy atom. The van der Waals surface area contributed by atoms with E-state index in [-0.39, 0.29) is 0 Å². The Labute approximate surface area is 116 Å². The summed E-state index contributed by atoms with van der Waals surface area (Å²) >= 11 is 16.8. The molecule has 84 valence electrons. The van der Waals surface area contributed by atoms with Crippen LogP contribution < -0.4 is 5.32 Å². The van der Waals surface area contributed by atoms with Gasteiger partial charge in [-0.25, -0.2) is 0 Å². The molecular weight excluding hydrogens is 331 g/mol. The van der Waals surface area contributed by atoms with Crippen molar-refractivity contribution in [3.8, 4) is 0 Å². The molecule has 0 aliphatic heterocycles. The van der Waals surface area contributed by atoms with Crippen molar-refractivity contribution in [1.82, 2.24) is 4.98 Å². The van der Waals surface area contributed by atoms with Gasteiger partial charge in [-0.05, 0) is 28.1 Å². The van der Waals surface area contributed by atoms with Gasteiger partial charge in [0.05, 0.1) is 16.9 Å². The van der Waals surface area contributed by atoms with Gasteiger partial charge in [0, 0.05) is 22.1 Å². The summed E-state index contributed by atoms with van der Waals surface area (Å²) in [5.74, 6) is 0. The van der Waals surface area contributed by atoms with Gasteiger partial charge in [-0.15, -0.1) is 11.3 Å². The Morgan fingerprint density at radius 3 is 2.88 bits per heavy atom. The molecular formula is C10H7BrCl2N2S. The summed E-state index contributed by atoms with van der Waals surface area (Å²) in [7, 11) is 0. The van der Waals surface area contributed by atoms with Crippen LogP contribution in [0.5, 0.6) is 0 Å². The molecule has 0 saturated heterocycles. The molecule has 2 aromatic heterocycles. The highest BCUT2D eigenvalue weighted by atomic mass is 79.9. The zero-order valence-electron chi connectivity index (χ0n) is 8.01. The molecule has 0 aliphatic carbocycles. The molecule has 0 fully saturated rings. The Balaban J connectivity index is 2.05. The lowest BCUT2D eigenvalue weighted by Gasteiger charge is -2.05. The fourth-order valence-electron chi connectivity index (χ4n) is 1.17. The monoisotopic (exact) mass is 336 g/mol. The van der Waals surface area contributed by atoms with Crippen LogP contribution in [0.4, 0.5) is 5.69 Å². The van der Waals surface area contributed by atoms with Crippen LogP contribution in [0, 0.1) is 0 Å². The van der Waals surface area contributed by atoms with E-state index in [1.165, 1.54) is 11.3 Å². The molecule has 2 heterocycles. The van der Waals surface area contributed by atoms with Gasteiger partial charge in [-0.1, -0.05) is 23.2 Å². The molecule has 2 nitrogen and oxygen atoms in total. The molecule has 0 atom stereocenters. The van der Waals surface area contributed by atoms with Crippen molar-refractivity contribution >= 4 is 56.2 Å². The van der Waals surface area contributed by atoms with E-state index in [4.69, 9.17) is 23.2 Å². The van der Waals surface area contributed by atoms with E-state index < -0.39 is 0 Å². The lowest BCUT2D eigenvalue weighted by atomic mass is 10.4. The first-order valence-corrected chi connectivity index (χ1v) is 6.80. The number of hydrogen-bond donors (Lipinski definition) is 1. The normalized spacial score (nSPS) is 10.4. The maximum absolute atomic E-state index is 5.99. The Morgan fingerprint density at radius 2 is 2.25 bits per heavy atom. The van der Waals surface area contributed by atoms with E-state index >= 15 is 0 Å². The lowest BCUT2D eigenvalue weighted by Crippen LogP contribution is -1.98. The minimum absolute atomic E-state index is 0.664. The SMILES string of the molecule is Clc1ccncc1NCc1cc(Br)c(Cl)s1.